The van der Waals surface area contributed by atoms with Crippen molar-refractivity contribution in [3.63, 3.8) is 0 Å². The van der Waals surface area contributed by atoms with E-state index >= 15 is 0 Å². The molecule has 0 aliphatic heterocycles. The maximum atomic E-state index is 12.3. The Morgan fingerprint density at radius 2 is 1.92 bits per heavy atom. The zero-order valence-electron chi connectivity index (χ0n) is 12.9. The minimum atomic E-state index is -0.598. The van der Waals surface area contributed by atoms with E-state index in [9.17, 15) is 14.4 Å². The Morgan fingerprint density at radius 3 is 2.58 bits per heavy atom. The smallest absolute Gasteiger partial charge is 0.252 e. The van der Waals surface area contributed by atoms with Gasteiger partial charge in [0.25, 0.3) is 11.8 Å². The van der Waals surface area contributed by atoms with Crippen molar-refractivity contribution in [3.8, 4) is 0 Å². The number of primary amides is 1. The Kier molecular flexibility index (Phi) is 5.51. The van der Waals surface area contributed by atoms with Crippen molar-refractivity contribution < 1.29 is 18.8 Å². The highest BCUT2D eigenvalue weighted by molar-refractivity contribution is 5.96. The molecule has 24 heavy (non-hydrogen) atoms. The molecule has 0 aliphatic carbocycles. The van der Waals surface area contributed by atoms with Crippen LogP contribution in [0.1, 0.15) is 32.0 Å². The highest BCUT2D eigenvalue weighted by atomic mass is 16.3. The van der Waals surface area contributed by atoms with Crippen molar-refractivity contribution >= 4 is 17.7 Å². The fourth-order valence-corrected chi connectivity index (χ4v) is 2.02. The lowest BCUT2D eigenvalue weighted by molar-refractivity contribution is -0.116. The van der Waals surface area contributed by atoms with Gasteiger partial charge in [0.05, 0.1) is 12.1 Å². The van der Waals surface area contributed by atoms with E-state index in [1.165, 1.54) is 12.3 Å². The lowest BCUT2D eigenvalue weighted by atomic mass is 10.1. The van der Waals surface area contributed by atoms with Crippen LogP contribution in [-0.4, -0.2) is 17.7 Å². The van der Waals surface area contributed by atoms with Gasteiger partial charge in [-0.05, 0) is 23.8 Å². The van der Waals surface area contributed by atoms with E-state index in [1.54, 1.807) is 24.3 Å². The number of carbonyl (C=O) groups excluding carboxylic acids is 3. The monoisotopic (exact) mass is 327 g/mol. The van der Waals surface area contributed by atoms with E-state index in [1.807, 2.05) is 0 Å². The van der Waals surface area contributed by atoms with Crippen LogP contribution in [0.4, 0.5) is 0 Å². The van der Waals surface area contributed by atoms with Gasteiger partial charge in [-0.3, -0.25) is 14.4 Å². The summed E-state index contributed by atoms with van der Waals surface area (Å²) in [5, 5.41) is 5.32. The summed E-state index contributed by atoms with van der Waals surface area (Å²) < 4.78 is 5.15. The molecule has 1 aromatic carbocycles. The molecule has 0 fully saturated rings. The number of nitrogens with two attached hydrogens (primary N) is 1. The van der Waals surface area contributed by atoms with E-state index < -0.39 is 5.91 Å². The SMILES string of the molecule is C=CC(=O)NCc1ccccc1C(=O)NCc1cc(C(N)=O)co1. The molecule has 0 radical (unpaired) electrons. The van der Waals surface area contributed by atoms with E-state index in [2.05, 4.69) is 17.2 Å². The standard InChI is InChI=1S/C17H17N3O4/c1-2-15(21)19-8-11-5-3-4-6-14(11)17(23)20-9-13-7-12(10-24-13)16(18)22/h2-7,10H,1,8-9H2,(H2,18,22)(H,19,21)(H,20,23). The van der Waals surface area contributed by atoms with E-state index in [0.717, 1.165) is 6.08 Å². The molecule has 1 aromatic heterocycles. The minimum absolute atomic E-state index is 0.111. The van der Waals surface area contributed by atoms with Crippen molar-refractivity contribution in [3.05, 3.63) is 71.7 Å². The quantitative estimate of drug-likeness (QED) is 0.661. The summed E-state index contributed by atoms with van der Waals surface area (Å²) in [6.45, 7) is 3.69. The third-order valence-corrected chi connectivity index (χ3v) is 3.26. The van der Waals surface area contributed by atoms with Crippen LogP contribution in [0.25, 0.3) is 0 Å². The normalized spacial score (nSPS) is 10.0. The van der Waals surface area contributed by atoms with Crippen LogP contribution < -0.4 is 16.4 Å². The summed E-state index contributed by atoms with van der Waals surface area (Å²) in [6.07, 6.45) is 2.40. The summed E-state index contributed by atoms with van der Waals surface area (Å²) in [6, 6.07) is 8.38. The number of hydrogen-bond acceptors (Lipinski definition) is 4. The molecule has 0 saturated heterocycles. The highest BCUT2D eigenvalue weighted by Crippen LogP contribution is 2.10. The summed E-state index contributed by atoms with van der Waals surface area (Å²) in [4.78, 5) is 34.6. The molecule has 0 saturated carbocycles. The predicted octanol–water partition coefficient (Wildman–Crippen LogP) is 1.11. The number of furan rings is 1. The van der Waals surface area contributed by atoms with Gasteiger partial charge in [0.2, 0.25) is 5.91 Å². The second-order valence-corrected chi connectivity index (χ2v) is 4.93. The van der Waals surface area contributed by atoms with Gasteiger partial charge < -0.3 is 20.8 Å². The molecule has 2 aromatic rings. The van der Waals surface area contributed by atoms with Crippen LogP contribution in [0.2, 0.25) is 0 Å². The van der Waals surface area contributed by atoms with Crippen LogP contribution in [0, 0.1) is 0 Å². The molecular formula is C17H17N3O4. The Bertz CT molecular complexity index is 780. The number of benzene rings is 1. The Balaban J connectivity index is 2.02. The lowest BCUT2D eigenvalue weighted by Crippen LogP contribution is -2.26. The Labute approximate surface area is 138 Å². The second-order valence-electron chi connectivity index (χ2n) is 4.93. The second kappa shape index (κ2) is 7.77. The maximum Gasteiger partial charge on any atom is 0.252 e. The largest absolute Gasteiger partial charge is 0.467 e. The summed E-state index contributed by atoms with van der Waals surface area (Å²) in [5.41, 5.74) is 6.48. The topological polar surface area (TPSA) is 114 Å². The first-order valence-corrected chi connectivity index (χ1v) is 7.15. The molecule has 3 amide bonds. The average molecular weight is 327 g/mol. The van der Waals surface area contributed by atoms with E-state index in [4.69, 9.17) is 10.2 Å². The first kappa shape index (κ1) is 17.0. The molecule has 124 valence electrons. The number of carbonyl (C=O) groups is 3. The molecule has 0 atom stereocenters. The summed E-state index contributed by atoms with van der Waals surface area (Å²) in [5.74, 6) is -0.829. The van der Waals surface area contributed by atoms with Gasteiger partial charge in [-0.25, -0.2) is 0 Å². The van der Waals surface area contributed by atoms with Gasteiger partial charge in [-0.2, -0.15) is 0 Å². The third kappa shape index (κ3) is 4.33. The van der Waals surface area contributed by atoms with Crippen LogP contribution in [0.15, 0.2) is 53.7 Å². The van der Waals surface area contributed by atoms with E-state index in [0.29, 0.717) is 16.9 Å². The van der Waals surface area contributed by atoms with Gasteiger partial charge in [-0.1, -0.05) is 24.8 Å². The van der Waals surface area contributed by atoms with Crippen LogP contribution >= 0.6 is 0 Å². The molecule has 0 spiro atoms. The van der Waals surface area contributed by atoms with Crippen LogP contribution in [0.5, 0.6) is 0 Å². The first-order chi connectivity index (χ1) is 11.5. The number of hydrogen-bond donors (Lipinski definition) is 3. The predicted molar refractivity (Wildman–Crippen MR) is 86.9 cm³/mol. The Morgan fingerprint density at radius 1 is 1.17 bits per heavy atom. The molecular weight excluding hydrogens is 310 g/mol. The van der Waals surface area contributed by atoms with Gasteiger partial charge in [0.15, 0.2) is 0 Å². The van der Waals surface area contributed by atoms with Crippen LogP contribution in [-0.2, 0) is 17.9 Å². The molecule has 7 heteroatoms. The fourth-order valence-electron chi connectivity index (χ4n) is 2.02. The first-order valence-electron chi connectivity index (χ1n) is 7.15. The number of nitrogens with one attached hydrogen (secondary N) is 2. The highest BCUT2D eigenvalue weighted by Gasteiger charge is 2.12. The third-order valence-electron chi connectivity index (χ3n) is 3.26. The summed E-state index contributed by atoms with van der Waals surface area (Å²) >= 11 is 0. The molecule has 0 bridgehead atoms. The van der Waals surface area contributed by atoms with Crippen molar-refractivity contribution in [2.24, 2.45) is 5.73 Å². The molecule has 1 heterocycles. The molecule has 0 unspecified atom stereocenters. The van der Waals surface area contributed by atoms with Crippen LogP contribution in [0.3, 0.4) is 0 Å². The van der Waals surface area contributed by atoms with Crippen molar-refractivity contribution in [1.82, 2.24) is 10.6 Å². The molecule has 4 N–H and O–H groups in total. The Hall–Kier alpha value is -3.35. The van der Waals surface area contributed by atoms with Crippen molar-refractivity contribution in [1.29, 1.82) is 0 Å². The zero-order chi connectivity index (χ0) is 17.5. The number of amides is 3. The van der Waals surface area contributed by atoms with Gasteiger partial charge in [-0.15, -0.1) is 0 Å². The van der Waals surface area contributed by atoms with Gasteiger partial charge >= 0.3 is 0 Å². The van der Waals surface area contributed by atoms with Gasteiger partial charge in [0.1, 0.15) is 12.0 Å². The number of rotatable bonds is 7. The molecule has 2 rings (SSSR count). The van der Waals surface area contributed by atoms with Gasteiger partial charge in [0, 0.05) is 12.1 Å². The minimum Gasteiger partial charge on any atom is -0.467 e. The van der Waals surface area contributed by atoms with Crippen molar-refractivity contribution in [2.75, 3.05) is 0 Å². The molecule has 7 nitrogen and oxygen atoms in total. The van der Waals surface area contributed by atoms with E-state index in [-0.39, 0.29) is 30.5 Å². The zero-order valence-corrected chi connectivity index (χ0v) is 12.9. The fraction of sp³-hybridized carbons (Fsp3) is 0.118. The lowest BCUT2D eigenvalue weighted by Gasteiger charge is -2.10. The average Bonchev–Trinajstić information content (AvgIpc) is 3.07. The maximum absolute atomic E-state index is 12.3. The summed E-state index contributed by atoms with van der Waals surface area (Å²) in [7, 11) is 0. The molecule has 0 aliphatic rings. The van der Waals surface area contributed by atoms with Crippen molar-refractivity contribution in [2.45, 2.75) is 13.1 Å².